The van der Waals surface area contributed by atoms with Gasteiger partial charge in [-0.15, -0.1) is 0 Å². The molecule has 1 N–H and O–H groups in total. The summed E-state index contributed by atoms with van der Waals surface area (Å²) >= 11 is 0. The van der Waals surface area contributed by atoms with Crippen LogP contribution in [0.4, 0.5) is 0 Å². The molecular weight excluding hydrogens is 198 g/mol. The minimum atomic E-state index is 0.582. The first kappa shape index (κ1) is 11.5. The highest BCUT2D eigenvalue weighted by Crippen LogP contribution is 2.33. The maximum atomic E-state index is 5.45. The van der Waals surface area contributed by atoms with Crippen molar-refractivity contribution in [3.8, 4) is 5.75 Å². The lowest BCUT2D eigenvalue weighted by Gasteiger charge is -2.30. The van der Waals surface area contributed by atoms with Gasteiger partial charge in [0.1, 0.15) is 5.75 Å². The molecule has 1 aromatic rings. The van der Waals surface area contributed by atoms with Crippen LogP contribution in [0, 0.1) is 5.92 Å². The maximum absolute atomic E-state index is 5.45. The maximum Gasteiger partial charge on any atom is 0.122 e. The molecular formula is C14H21NO. The molecule has 0 heterocycles. The molecule has 0 aromatic heterocycles. The Hall–Kier alpha value is -1.02. The largest absolute Gasteiger partial charge is 0.496 e. The quantitative estimate of drug-likeness (QED) is 0.843. The van der Waals surface area contributed by atoms with Crippen molar-refractivity contribution in [1.29, 1.82) is 0 Å². The van der Waals surface area contributed by atoms with Crippen molar-refractivity contribution in [2.45, 2.75) is 32.2 Å². The fraction of sp³-hybridized carbons (Fsp3) is 0.571. The van der Waals surface area contributed by atoms with Crippen molar-refractivity contribution >= 4 is 0 Å². The Balaban J connectivity index is 2.24. The van der Waals surface area contributed by atoms with E-state index in [4.69, 9.17) is 4.74 Å². The molecule has 2 heteroatoms. The van der Waals surface area contributed by atoms with Gasteiger partial charge in [0.2, 0.25) is 0 Å². The molecule has 0 aliphatic heterocycles. The smallest absolute Gasteiger partial charge is 0.122 e. The average molecular weight is 219 g/mol. The number of benzene rings is 1. The number of aryl methyl sites for hydroxylation is 1. The van der Waals surface area contributed by atoms with Gasteiger partial charge in [-0.3, -0.25) is 0 Å². The zero-order valence-corrected chi connectivity index (χ0v) is 10.4. The molecule has 0 saturated heterocycles. The topological polar surface area (TPSA) is 21.3 Å². The summed E-state index contributed by atoms with van der Waals surface area (Å²) < 4.78 is 5.45. The van der Waals surface area contributed by atoms with E-state index < -0.39 is 0 Å². The first-order chi connectivity index (χ1) is 7.76. The minimum Gasteiger partial charge on any atom is -0.496 e. The molecule has 0 radical (unpaired) electrons. The number of rotatable bonds is 3. The summed E-state index contributed by atoms with van der Waals surface area (Å²) in [5, 5.41) is 3.36. The van der Waals surface area contributed by atoms with E-state index in [0.29, 0.717) is 6.04 Å². The molecule has 2 atom stereocenters. The van der Waals surface area contributed by atoms with E-state index >= 15 is 0 Å². The van der Waals surface area contributed by atoms with E-state index in [1.807, 2.05) is 7.05 Å². The van der Waals surface area contributed by atoms with E-state index in [1.165, 1.54) is 24.0 Å². The second kappa shape index (κ2) is 4.88. The van der Waals surface area contributed by atoms with Crippen LogP contribution in [0.5, 0.6) is 5.75 Å². The number of hydrogen-bond acceptors (Lipinski definition) is 2. The van der Waals surface area contributed by atoms with Crippen LogP contribution < -0.4 is 10.1 Å². The molecule has 0 spiro atoms. The van der Waals surface area contributed by atoms with Gasteiger partial charge in [-0.25, -0.2) is 0 Å². The molecule has 2 nitrogen and oxygen atoms in total. The van der Waals surface area contributed by atoms with Gasteiger partial charge in [0.25, 0.3) is 0 Å². The lowest BCUT2D eigenvalue weighted by Crippen LogP contribution is -2.34. The number of methoxy groups -OCH3 is 1. The van der Waals surface area contributed by atoms with Crippen molar-refractivity contribution in [2.75, 3.05) is 14.2 Å². The Labute approximate surface area is 98.0 Å². The van der Waals surface area contributed by atoms with Gasteiger partial charge in [-0.2, -0.15) is 0 Å². The van der Waals surface area contributed by atoms with Crippen LogP contribution >= 0.6 is 0 Å². The predicted octanol–water partition coefficient (Wildman–Crippen LogP) is 2.41. The third-order valence-electron chi connectivity index (χ3n) is 3.86. The Morgan fingerprint density at radius 3 is 2.94 bits per heavy atom. The predicted molar refractivity (Wildman–Crippen MR) is 67.0 cm³/mol. The first-order valence-corrected chi connectivity index (χ1v) is 6.08. The SMILES string of the molecule is CNC(C)C1CCc2cccc(OC)c2C1. The van der Waals surface area contributed by atoms with Gasteiger partial charge < -0.3 is 10.1 Å². The standard InChI is InChI=1S/C14H21NO/c1-10(15-2)12-8-7-11-5-4-6-14(16-3)13(11)9-12/h4-6,10,12,15H,7-9H2,1-3H3. The van der Waals surface area contributed by atoms with Crippen LogP contribution in [0.1, 0.15) is 24.5 Å². The van der Waals surface area contributed by atoms with Crippen LogP contribution in [0.15, 0.2) is 18.2 Å². The van der Waals surface area contributed by atoms with Crippen molar-refractivity contribution in [2.24, 2.45) is 5.92 Å². The molecule has 16 heavy (non-hydrogen) atoms. The second-order valence-corrected chi connectivity index (χ2v) is 4.68. The van der Waals surface area contributed by atoms with E-state index in [-0.39, 0.29) is 0 Å². The van der Waals surface area contributed by atoms with Crippen LogP contribution in [0.2, 0.25) is 0 Å². The molecule has 2 unspecified atom stereocenters. The van der Waals surface area contributed by atoms with Crippen LogP contribution in [-0.2, 0) is 12.8 Å². The Morgan fingerprint density at radius 2 is 2.25 bits per heavy atom. The average Bonchev–Trinajstić information content (AvgIpc) is 2.36. The van der Waals surface area contributed by atoms with Gasteiger partial charge in [0, 0.05) is 6.04 Å². The van der Waals surface area contributed by atoms with Crippen molar-refractivity contribution < 1.29 is 4.74 Å². The van der Waals surface area contributed by atoms with Gasteiger partial charge in [-0.05, 0) is 56.3 Å². The van der Waals surface area contributed by atoms with Crippen molar-refractivity contribution in [1.82, 2.24) is 5.32 Å². The van der Waals surface area contributed by atoms with Crippen LogP contribution in [0.25, 0.3) is 0 Å². The highest BCUT2D eigenvalue weighted by molar-refractivity contribution is 5.42. The molecule has 1 aromatic carbocycles. The molecule has 2 rings (SSSR count). The van der Waals surface area contributed by atoms with E-state index in [0.717, 1.165) is 18.1 Å². The third kappa shape index (κ3) is 2.07. The van der Waals surface area contributed by atoms with Gasteiger partial charge >= 0.3 is 0 Å². The first-order valence-electron chi connectivity index (χ1n) is 6.08. The number of ether oxygens (including phenoxy) is 1. The molecule has 0 bridgehead atoms. The zero-order valence-electron chi connectivity index (χ0n) is 10.4. The van der Waals surface area contributed by atoms with E-state index in [2.05, 4.69) is 30.4 Å². The lowest BCUT2D eigenvalue weighted by molar-refractivity contribution is 0.341. The summed E-state index contributed by atoms with van der Waals surface area (Å²) in [6, 6.07) is 6.99. The summed E-state index contributed by atoms with van der Waals surface area (Å²) in [5.41, 5.74) is 2.89. The fourth-order valence-corrected chi connectivity index (χ4v) is 2.64. The Bertz CT molecular complexity index is 348. The highest BCUT2D eigenvalue weighted by Gasteiger charge is 2.24. The van der Waals surface area contributed by atoms with E-state index in [9.17, 15) is 0 Å². The van der Waals surface area contributed by atoms with Crippen molar-refractivity contribution in [3.05, 3.63) is 29.3 Å². The number of fused-ring (bicyclic) bond motifs is 1. The third-order valence-corrected chi connectivity index (χ3v) is 3.86. The monoisotopic (exact) mass is 219 g/mol. The highest BCUT2D eigenvalue weighted by atomic mass is 16.5. The Morgan fingerprint density at radius 1 is 1.44 bits per heavy atom. The normalized spacial score (nSPS) is 21.3. The fourth-order valence-electron chi connectivity index (χ4n) is 2.64. The molecule has 0 saturated carbocycles. The van der Waals surface area contributed by atoms with Gasteiger partial charge in [0.05, 0.1) is 7.11 Å². The second-order valence-electron chi connectivity index (χ2n) is 4.68. The van der Waals surface area contributed by atoms with Gasteiger partial charge in [0.15, 0.2) is 0 Å². The van der Waals surface area contributed by atoms with E-state index in [1.54, 1.807) is 7.11 Å². The minimum absolute atomic E-state index is 0.582. The summed E-state index contributed by atoms with van der Waals surface area (Å²) in [7, 11) is 3.81. The summed E-state index contributed by atoms with van der Waals surface area (Å²) in [6.45, 7) is 2.27. The summed E-state index contributed by atoms with van der Waals surface area (Å²) in [6.07, 6.45) is 3.60. The lowest BCUT2D eigenvalue weighted by atomic mass is 9.80. The van der Waals surface area contributed by atoms with Gasteiger partial charge in [-0.1, -0.05) is 12.1 Å². The Kier molecular flexibility index (Phi) is 3.49. The molecule has 0 amide bonds. The zero-order chi connectivity index (χ0) is 11.5. The molecule has 1 aliphatic rings. The number of hydrogen-bond donors (Lipinski definition) is 1. The number of nitrogens with one attached hydrogen (secondary N) is 1. The van der Waals surface area contributed by atoms with Crippen LogP contribution in [-0.4, -0.2) is 20.2 Å². The summed E-state index contributed by atoms with van der Waals surface area (Å²) in [4.78, 5) is 0. The molecule has 88 valence electrons. The molecule has 0 fully saturated rings. The summed E-state index contributed by atoms with van der Waals surface area (Å²) in [5.74, 6) is 1.79. The van der Waals surface area contributed by atoms with Crippen molar-refractivity contribution in [3.63, 3.8) is 0 Å². The molecule has 1 aliphatic carbocycles. The van der Waals surface area contributed by atoms with Crippen LogP contribution in [0.3, 0.4) is 0 Å².